The van der Waals surface area contributed by atoms with Crippen molar-refractivity contribution in [3.05, 3.63) is 48.8 Å². The number of carbonyl (C=O) groups excluding carboxylic acids is 2. The average Bonchev–Trinajstić information content (AvgIpc) is 3.02. The number of nitrogens with zero attached hydrogens (tertiary/aromatic N) is 1. The second kappa shape index (κ2) is 6.44. The molecule has 2 aromatic rings. The maximum absolute atomic E-state index is 12.5. The first-order chi connectivity index (χ1) is 10.4. The molecule has 1 aromatic carbocycles. The molecule has 7 nitrogen and oxygen atoms in total. The highest BCUT2D eigenvalue weighted by Crippen LogP contribution is 2.23. The fourth-order valence-electron chi connectivity index (χ4n) is 1.79. The van der Waals surface area contributed by atoms with Crippen LogP contribution in [0.25, 0.3) is 0 Å². The summed E-state index contributed by atoms with van der Waals surface area (Å²) in [6.45, 7) is 0. The summed E-state index contributed by atoms with van der Waals surface area (Å²) in [5, 5.41) is 2.41. The maximum Gasteiger partial charge on any atom is 0.315 e. The van der Waals surface area contributed by atoms with Gasteiger partial charge in [-0.15, -0.1) is 0 Å². The number of rotatable bonds is 5. The molecule has 116 valence electrons. The van der Waals surface area contributed by atoms with Crippen LogP contribution in [0.3, 0.4) is 0 Å². The van der Waals surface area contributed by atoms with Crippen molar-refractivity contribution in [2.75, 3.05) is 12.4 Å². The summed E-state index contributed by atoms with van der Waals surface area (Å²) in [5.41, 5.74) is 0.102. The first kappa shape index (κ1) is 15.8. The van der Waals surface area contributed by atoms with Gasteiger partial charge in [-0.05, 0) is 24.3 Å². The average molecular weight is 322 g/mol. The molecule has 1 aromatic heterocycles. The first-order valence-corrected chi connectivity index (χ1v) is 7.73. The molecule has 8 heteroatoms. The van der Waals surface area contributed by atoms with E-state index in [4.69, 9.17) is 0 Å². The van der Waals surface area contributed by atoms with E-state index in [2.05, 4.69) is 10.1 Å². The van der Waals surface area contributed by atoms with Gasteiger partial charge in [0.1, 0.15) is 11.3 Å². The van der Waals surface area contributed by atoms with Crippen molar-refractivity contribution < 1.29 is 22.7 Å². The SMILES string of the molecule is COC(=O)CC(=O)Nc1ccccc1S(=O)(=O)n1cccc1. The Balaban J connectivity index is 2.32. The number of ether oxygens (including phenoxy) is 1. The van der Waals surface area contributed by atoms with E-state index >= 15 is 0 Å². The summed E-state index contributed by atoms with van der Waals surface area (Å²) in [7, 11) is -2.65. The number of esters is 1. The molecular weight excluding hydrogens is 308 g/mol. The molecule has 0 saturated carbocycles. The Morgan fingerprint density at radius 2 is 1.77 bits per heavy atom. The van der Waals surface area contributed by atoms with Gasteiger partial charge in [-0.2, -0.15) is 0 Å². The number of amides is 1. The largest absolute Gasteiger partial charge is 0.469 e. The molecule has 0 radical (unpaired) electrons. The summed E-state index contributed by atoms with van der Waals surface area (Å²) in [4.78, 5) is 22.7. The summed E-state index contributed by atoms with van der Waals surface area (Å²) in [6, 6.07) is 9.12. The van der Waals surface area contributed by atoms with Crippen LogP contribution in [0, 0.1) is 0 Å². The summed E-state index contributed by atoms with van der Waals surface area (Å²) < 4.78 is 30.4. The highest BCUT2D eigenvalue weighted by atomic mass is 32.2. The van der Waals surface area contributed by atoms with Gasteiger partial charge in [0.25, 0.3) is 10.0 Å². The lowest BCUT2D eigenvalue weighted by atomic mass is 10.3. The van der Waals surface area contributed by atoms with Gasteiger partial charge in [-0.1, -0.05) is 12.1 Å². The number of aromatic nitrogens is 1. The van der Waals surface area contributed by atoms with Crippen molar-refractivity contribution in [1.29, 1.82) is 0 Å². The number of methoxy groups -OCH3 is 1. The minimum absolute atomic E-state index is 0.0654. The third-order valence-electron chi connectivity index (χ3n) is 2.83. The van der Waals surface area contributed by atoms with E-state index in [1.807, 2.05) is 0 Å². The van der Waals surface area contributed by atoms with Crippen LogP contribution in [0.5, 0.6) is 0 Å². The standard InChI is InChI=1S/C14H14N2O5S/c1-21-14(18)10-13(17)15-11-6-2-3-7-12(11)22(19,20)16-8-4-5-9-16/h2-9H,10H2,1H3,(H,15,17). The Morgan fingerprint density at radius 3 is 2.41 bits per heavy atom. The number of hydrogen-bond donors (Lipinski definition) is 1. The minimum Gasteiger partial charge on any atom is -0.469 e. The van der Waals surface area contributed by atoms with Gasteiger partial charge in [-0.3, -0.25) is 9.59 Å². The van der Waals surface area contributed by atoms with Gasteiger partial charge in [-0.25, -0.2) is 12.4 Å². The molecule has 2 rings (SSSR count). The molecule has 22 heavy (non-hydrogen) atoms. The Hall–Kier alpha value is -2.61. The van der Waals surface area contributed by atoms with Gasteiger partial charge in [0, 0.05) is 12.4 Å². The highest BCUT2D eigenvalue weighted by Gasteiger charge is 2.21. The number of para-hydroxylation sites is 1. The quantitative estimate of drug-likeness (QED) is 0.660. The van der Waals surface area contributed by atoms with E-state index in [0.717, 1.165) is 3.97 Å². The lowest BCUT2D eigenvalue weighted by Crippen LogP contribution is -2.20. The third-order valence-corrected chi connectivity index (χ3v) is 4.54. The second-order valence-corrected chi connectivity index (χ2v) is 6.13. The molecule has 0 saturated heterocycles. The van der Waals surface area contributed by atoms with Gasteiger partial charge in [0.2, 0.25) is 5.91 Å². The van der Waals surface area contributed by atoms with Crippen LogP contribution >= 0.6 is 0 Å². The molecule has 1 amide bonds. The van der Waals surface area contributed by atoms with Crippen LogP contribution < -0.4 is 5.32 Å². The van der Waals surface area contributed by atoms with Crippen molar-refractivity contribution in [2.24, 2.45) is 0 Å². The van der Waals surface area contributed by atoms with Gasteiger partial charge >= 0.3 is 5.97 Å². The number of hydrogen-bond acceptors (Lipinski definition) is 5. The molecule has 0 aliphatic heterocycles. The molecule has 0 aliphatic rings. The van der Waals surface area contributed by atoms with Gasteiger partial charge in [0.05, 0.1) is 12.8 Å². The van der Waals surface area contributed by atoms with Crippen molar-refractivity contribution in [3.63, 3.8) is 0 Å². The molecule has 0 bridgehead atoms. The summed E-state index contributed by atoms with van der Waals surface area (Å²) in [6.07, 6.45) is 2.29. The first-order valence-electron chi connectivity index (χ1n) is 6.29. The van der Waals surface area contributed by atoms with Crippen molar-refractivity contribution in [2.45, 2.75) is 11.3 Å². The maximum atomic E-state index is 12.5. The fraction of sp³-hybridized carbons (Fsp3) is 0.143. The number of nitrogens with one attached hydrogen (secondary N) is 1. The van der Waals surface area contributed by atoms with Crippen LogP contribution in [0.4, 0.5) is 5.69 Å². The van der Waals surface area contributed by atoms with Crippen LogP contribution in [-0.4, -0.2) is 31.4 Å². The zero-order chi connectivity index (χ0) is 16.2. The van der Waals surface area contributed by atoms with Crippen LogP contribution in [0.2, 0.25) is 0 Å². The van der Waals surface area contributed by atoms with Crippen molar-refractivity contribution >= 4 is 27.6 Å². The molecule has 0 fully saturated rings. The number of anilines is 1. The molecule has 0 spiro atoms. The zero-order valence-corrected chi connectivity index (χ0v) is 12.5. The molecule has 1 heterocycles. The lowest BCUT2D eigenvalue weighted by Gasteiger charge is -2.12. The zero-order valence-electron chi connectivity index (χ0n) is 11.7. The Kier molecular flexibility index (Phi) is 4.62. The number of benzene rings is 1. The lowest BCUT2D eigenvalue weighted by molar-refractivity contribution is -0.142. The van der Waals surface area contributed by atoms with E-state index < -0.39 is 28.3 Å². The Labute approximate surface area is 127 Å². The minimum atomic E-state index is -3.82. The molecule has 0 aliphatic carbocycles. The monoisotopic (exact) mass is 322 g/mol. The van der Waals surface area contributed by atoms with Crippen LogP contribution in [-0.2, 0) is 24.3 Å². The van der Waals surface area contributed by atoms with Crippen molar-refractivity contribution in [1.82, 2.24) is 3.97 Å². The van der Waals surface area contributed by atoms with Crippen LogP contribution in [0.1, 0.15) is 6.42 Å². The van der Waals surface area contributed by atoms with E-state index in [-0.39, 0.29) is 10.6 Å². The molecule has 1 N–H and O–H groups in total. The molecular formula is C14H14N2O5S. The van der Waals surface area contributed by atoms with E-state index in [0.29, 0.717) is 0 Å². The topological polar surface area (TPSA) is 94.5 Å². The highest BCUT2D eigenvalue weighted by molar-refractivity contribution is 7.90. The summed E-state index contributed by atoms with van der Waals surface area (Å²) in [5.74, 6) is -1.36. The van der Waals surface area contributed by atoms with Crippen LogP contribution in [0.15, 0.2) is 53.7 Å². The Morgan fingerprint density at radius 1 is 1.14 bits per heavy atom. The fourth-order valence-corrected chi connectivity index (χ4v) is 3.12. The smallest absolute Gasteiger partial charge is 0.315 e. The predicted octanol–water partition coefficient (Wildman–Crippen LogP) is 1.23. The van der Waals surface area contributed by atoms with E-state index in [1.165, 1.54) is 31.6 Å². The molecule has 0 unspecified atom stereocenters. The third kappa shape index (κ3) is 3.34. The van der Waals surface area contributed by atoms with Gasteiger partial charge in [0.15, 0.2) is 0 Å². The Bertz CT molecular complexity index is 781. The van der Waals surface area contributed by atoms with Gasteiger partial charge < -0.3 is 10.1 Å². The van der Waals surface area contributed by atoms with Crippen molar-refractivity contribution in [3.8, 4) is 0 Å². The normalized spacial score (nSPS) is 11.0. The summed E-state index contributed by atoms with van der Waals surface area (Å²) >= 11 is 0. The predicted molar refractivity (Wildman–Crippen MR) is 78.7 cm³/mol. The second-order valence-electron chi connectivity index (χ2n) is 4.32. The number of carbonyl (C=O) groups is 2. The molecule has 0 atom stereocenters. The van der Waals surface area contributed by atoms with E-state index in [9.17, 15) is 18.0 Å². The van der Waals surface area contributed by atoms with E-state index in [1.54, 1.807) is 24.3 Å².